The molecule has 0 spiro atoms. The van der Waals surface area contributed by atoms with Crippen molar-refractivity contribution in [1.82, 2.24) is 4.57 Å². The van der Waals surface area contributed by atoms with E-state index in [1.807, 2.05) is 23.5 Å². The van der Waals surface area contributed by atoms with Gasteiger partial charge >= 0.3 is 0 Å². The zero-order chi connectivity index (χ0) is 32.8. The van der Waals surface area contributed by atoms with E-state index in [0.29, 0.717) is 0 Å². The van der Waals surface area contributed by atoms with E-state index in [4.69, 9.17) is 4.42 Å². The maximum atomic E-state index is 6.22. The molecule has 0 N–H and O–H groups in total. The number of furan rings is 1. The van der Waals surface area contributed by atoms with Crippen molar-refractivity contribution in [2.45, 2.75) is 0 Å². The second-order valence-corrected chi connectivity index (χ2v) is 14.1. The van der Waals surface area contributed by atoms with Crippen molar-refractivity contribution >= 4 is 103 Å². The minimum Gasteiger partial charge on any atom is -0.456 e. The molecule has 0 unspecified atom stereocenters. The van der Waals surface area contributed by atoms with E-state index in [2.05, 4.69) is 167 Å². The normalized spacial score (nSPS) is 12.0. The van der Waals surface area contributed by atoms with Crippen LogP contribution in [0.1, 0.15) is 0 Å². The van der Waals surface area contributed by atoms with E-state index in [0.717, 1.165) is 44.7 Å². The Hall–Kier alpha value is -6.36. The molecule has 0 saturated heterocycles. The molecule has 3 heterocycles. The number of benzene rings is 8. The summed E-state index contributed by atoms with van der Waals surface area (Å²) in [5, 5.41) is 9.86. The lowest BCUT2D eigenvalue weighted by Crippen LogP contribution is -2.10. The third-order valence-electron chi connectivity index (χ3n) is 10.1. The summed E-state index contributed by atoms with van der Waals surface area (Å²) in [6.45, 7) is 0. The predicted molar refractivity (Wildman–Crippen MR) is 213 cm³/mol. The van der Waals surface area contributed by atoms with Crippen molar-refractivity contribution in [3.05, 3.63) is 170 Å². The van der Waals surface area contributed by atoms with Crippen molar-refractivity contribution in [1.29, 1.82) is 0 Å². The van der Waals surface area contributed by atoms with Gasteiger partial charge in [-0.25, -0.2) is 0 Å². The number of aromatic nitrogens is 1. The van der Waals surface area contributed by atoms with Gasteiger partial charge in [0.15, 0.2) is 0 Å². The first kappa shape index (κ1) is 27.6. The van der Waals surface area contributed by atoms with Gasteiger partial charge in [0.05, 0.1) is 11.0 Å². The average Bonchev–Trinajstić information content (AvgIpc) is 3.83. The van der Waals surface area contributed by atoms with Crippen molar-refractivity contribution in [2.24, 2.45) is 0 Å². The summed E-state index contributed by atoms with van der Waals surface area (Å²) in [7, 11) is 0. The van der Waals surface area contributed by atoms with E-state index >= 15 is 0 Å². The first-order chi connectivity index (χ1) is 24.8. The van der Waals surface area contributed by atoms with E-state index in [1.165, 1.54) is 52.8 Å². The number of hydrogen-bond donors (Lipinski definition) is 0. The highest BCUT2D eigenvalue weighted by molar-refractivity contribution is 7.25. The summed E-state index contributed by atoms with van der Waals surface area (Å²) in [5.41, 5.74) is 8.63. The monoisotopic (exact) mass is 656 g/mol. The number of para-hydroxylation sites is 2. The van der Waals surface area contributed by atoms with Crippen LogP contribution in [-0.2, 0) is 0 Å². The van der Waals surface area contributed by atoms with Crippen LogP contribution in [0.4, 0.5) is 17.1 Å². The third kappa shape index (κ3) is 4.09. The largest absolute Gasteiger partial charge is 0.456 e. The minimum absolute atomic E-state index is 0.893. The molecule has 0 aliphatic heterocycles. The van der Waals surface area contributed by atoms with Crippen LogP contribution in [0.2, 0.25) is 0 Å². The zero-order valence-corrected chi connectivity index (χ0v) is 27.7. The fourth-order valence-corrected chi connectivity index (χ4v) is 8.98. The van der Waals surface area contributed by atoms with Gasteiger partial charge in [0.25, 0.3) is 0 Å². The summed E-state index contributed by atoms with van der Waals surface area (Å²) in [5.74, 6) is 0. The van der Waals surface area contributed by atoms with Crippen molar-refractivity contribution in [3.8, 4) is 5.69 Å². The molecule has 0 atom stereocenters. The summed E-state index contributed by atoms with van der Waals surface area (Å²) >= 11 is 1.85. The highest BCUT2D eigenvalue weighted by Gasteiger charge is 2.18. The first-order valence-electron chi connectivity index (χ1n) is 16.9. The lowest BCUT2D eigenvalue weighted by atomic mass is 10.1. The standard InChI is InChI=1S/C46H28N2OS/c1-2-10-30-26-42-39(25-29(30)9-1)35-11-3-6-14-41(35)48(42)32-19-17-31(18-20-32)47(33-22-24-44-40(27-33)36-12-4-7-15-43(36)49-44)34-21-23-38-37-13-5-8-16-45(37)50-46(38)28-34/h1-28H. The molecule has 4 heteroatoms. The number of hydrogen-bond acceptors (Lipinski definition) is 3. The highest BCUT2D eigenvalue weighted by Crippen LogP contribution is 2.43. The lowest BCUT2D eigenvalue weighted by molar-refractivity contribution is 0.669. The van der Waals surface area contributed by atoms with Gasteiger partial charge in [-0.05, 0) is 95.7 Å². The second kappa shape index (κ2) is 10.6. The van der Waals surface area contributed by atoms with Crippen molar-refractivity contribution in [2.75, 3.05) is 4.90 Å². The quantitative estimate of drug-likeness (QED) is 0.188. The van der Waals surface area contributed by atoms with Crippen LogP contribution in [0, 0.1) is 0 Å². The van der Waals surface area contributed by atoms with E-state index in [-0.39, 0.29) is 0 Å². The number of thiophene rings is 1. The smallest absolute Gasteiger partial charge is 0.135 e. The summed E-state index contributed by atoms with van der Waals surface area (Å²) < 4.78 is 11.2. The summed E-state index contributed by atoms with van der Waals surface area (Å²) in [4.78, 5) is 2.37. The lowest BCUT2D eigenvalue weighted by Gasteiger charge is -2.26. The van der Waals surface area contributed by atoms with Crippen LogP contribution >= 0.6 is 11.3 Å². The molecule has 11 rings (SSSR count). The Morgan fingerprint density at radius 3 is 1.92 bits per heavy atom. The number of rotatable bonds is 4. The Bertz CT molecular complexity index is 3110. The maximum Gasteiger partial charge on any atom is 0.135 e. The average molecular weight is 657 g/mol. The number of anilines is 3. The molecule has 11 aromatic rings. The Kier molecular flexibility index (Phi) is 5.83. The molecule has 0 aliphatic rings. The van der Waals surface area contributed by atoms with Gasteiger partial charge in [-0.15, -0.1) is 11.3 Å². The molecule has 0 amide bonds. The molecular weight excluding hydrogens is 629 g/mol. The fraction of sp³-hybridized carbons (Fsp3) is 0. The Morgan fingerprint density at radius 1 is 0.400 bits per heavy atom. The number of nitrogens with zero attached hydrogens (tertiary/aromatic N) is 2. The van der Waals surface area contributed by atoms with Gasteiger partial charge in [0, 0.05) is 64.5 Å². The van der Waals surface area contributed by atoms with Crippen LogP contribution in [0.25, 0.3) is 80.4 Å². The van der Waals surface area contributed by atoms with Crippen molar-refractivity contribution in [3.63, 3.8) is 0 Å². The topological polar surface area (TPSA) is 21.3 Å². The second-order valence-electron chi connectivity index (χ2n) is 13.0. The Labute approximate surface area is 291 Å². The molecular formula is C46H28N2OS. The maximum absolute atomic E-state index is 6.22. The first-order valence-corrected chi connectivity index (χ1v) is 17.7. The van der Waals surface area contributed by atoms with Crippen LogP contribution < -0.4 is 4.90 Å². The molecule has 8 aromatic carbocycles. The van der Waals surface area contributed by atoms with Gasteiger partial charge in [-0.2, -0.15) is 0 Å². The third-order valence-corrected chi connectivity index (χ3v) is 11.3. The highest BCUT2D eigenvalue weighted by atomic mass is 32.1. The molecule has 234 valence electrons. The van der Waals surface area contributed by atoms with Crippen molar-refractivity contribution < 1.29 is 4.42 Å². The predicted octanol–water partition coefficient (Wildman–Crippen LogP) is 13.7. The van der Waals surface area contributed by atoms with E-state index in [1.54, 1.807) is 0 Å². The SMILES string of the molecule is c1ccc2cc3c(cc2c1)c1ccccc1n3-c1ccc(N(c2ccc3c(c2)sc2ccccc23)c2ccc3oc4ccccc4c3c2)cc1. The molecule has 0 saturated carbocycles. The minimum atomic E-state index is 0.893. The van der Waals surface area contributed by atoms with E-state index < -0.39 is 0 Å². The van der Waals surface area contributed by atoms with E-state index in [9.17, 15) is 0 Å². The van der Waals surface area contributed by atoms with Gasteiger partial charge in [0.2, 0.25) is 0 Å². The van der Waals surface area contributed by atoms with Gasteiger partial charge in [-0.1, -0.05) is 84.9 Å². The molecule has 0 fully saturated rings. The van der Waals surface area contributed by atoms with Gasteiger partial charge in [-0.3, -0.25) is 0 Å². The zero-order valence-electron chi connectivity index (χ0n) is 26.9. The van der Waals surface area contributed by atoms with Crippen LogP contribution in [0.15, 0.2) is 174 Å². The van der Waals surface area contributed by atoms with Crippen LogP contribution in [0.5, 0.6) is 0 Å². The summed E-state index contributed by atoms with van der Waals surface area (Å²) in [6.07, 6.45) is 0. The van der Waals surface area contributed by atoms with Crippen LogP contribution in [0.3, 0.4) is 0 Å². The molecule has 3 nitrogen and oxygen atoms in total. The Balaban J connectivity index is 1.11. The van der Waals surface area contributed by atoms with Gasteiger partial charge < -0.3 is 13.9 Å². The molecule has 0 aliphatic carbocycles. The molecule has 0 bridgehead atoms. The molecule has 3 aromatic heterocycles. The molecule has 0 radical (unpaired) electrons. The molecule has 50 heavy (non-hydrogen) atoms. The van der Waals surface area contributed by atoms with Gasteiger partial charge in [0.1, 0.15) is 11.2 Å². The Morgan fingerprint density at radius 2 is 1.04 bits per heavy atom. The van der Waals surface area contributed by atoms with Crippen LogP contribution in [-0.4, -0.2) is 4.57 Å². The summed E-state index contributed by atoms with van der Waals surface area (Å²) in [6, 6.07) is 61.4. The fourth-order valence-electron chi connectivity index (χ4n) is 7.84. The number of fused-ring (bicyclic) bond motifs is 10.